The lowest BCUT2D eigenvalue weighted by Crippen LogP contribution is -2.34. The first-order valence-corrected chi connectivity index (χ1v) is 11.3. The largest absolute Gasteiger partial charge is 0.365 e. The van der Waals surface area contributed by atoms with E-state index in [0.29, 0.717) is 36.5 Å². The third kappa shape index (κ3) is 5.39. The van der Waals surface area contributed by atoms with E-state index in [0.717, 1.165) is 22.6 Å². The van der Waals surface area contributed by atoms with Crippen molar-refractivity contribution in [3.63, 3.8) is 0 Å². The Hall–Kier alpha value is -2.32. The van der Waals surface area contributed by atoms with E-state index < -0.39 is 5.91 Å². The summed E-state index contributed by atoms with van der Waals surface area (Å²) in [6.45, 7) is 4.60. The third-order valence-corrected chi connectivity index (χ3v) is 7.07. The number of thiophene rings is 1. The molecule has 2 heterocycles. The Balaban J connectivity index is 1.57. The van der Waals surface area contributed by atoms with Gasteiger partial charge in [0, 0.05) is 29.7 Å². The van der Waals surface area contributed by atoms with Crippen LogP contribution in [-0.2, 0) is 22.6 Å². The molecule has 0 unspecified atom stereocenters. The highest BCUT2D eigenvalue weighted by Gasteiger charge is 2.28. The van der Waals surface area contributed by atoms with Crippen LogP contribution in [0.2, 0.25) is 0 Å². The Morgan fingerprint density at radius 3 is 2.62 bits per heavy atom. The minimum absolute atomic E-state index is 0.00124. The zero-order valence-electron chi connectivity index (χ0n) is 16.6. The van der Waals surface area contributed by atoms with Gasteiger partial charge in [-0.1, -0.05) is 17.7 Å². The van der Waals surface area contributed by atoms with Crippen LogP contribution in [0.15, 0.2) is 29.2 Å². The maximum atomic E-state index is 12.4. The van der Waals surface area contributed by atoms with Crippen LogP contribution in [0.25, 0.3) is 0 Å². The molecule has 3 N–H and O–H groups in total. The number of anilines is 1. The van der Waals surface area contributed by atoms with Gasteiger partial charge in [0.2, 0.25) is 11.8 Å². The second-order valence-electron chi connectivity index (χ2n) is 7.08. The fourth-order valence-corrected chi connectivity index (χ4v) is 5.41. The van der Waals surface area contributed by atoms with Gasteiger partial charge in [-0.05, 0) is 43.2 Å². The minimum Gasteiger partial charge on any atom is -0.365 e. The number of hydrogen-bond acceptors (Lipinski definition) is 5. The van der Waals surface area contributed by atoms with Gasteiger partial charge in [-0.15, -0.1) is 23.1 Å². The molecule has 1 aromatic heterocycles. The molecule has 6 nitrogen and oxygen atoms in total. The first-order valence-electron chi connectivity index (χ1n) is 9.54. The van der Waals surface area contributed by atoms with Crippen molar-refractivity contribution >= 4 is 45.8 Å². The van der Waals surface area contributed by atoms with E-state index in [1.54, 1.807) is 16.7 Å². The fourth-order valence-electron chi connectivity index (χ4n) is 3.27. The van der Waals surface area contributed by atoms with Crippen molar-refractivity contribution < 1.29 is 14.4 Å². The van der Waals surface area contributed by atoms with E-state index in [1.165, 1.54) is 28.7 Å². The molecule has 1 aliphatic rings. The highest BCUT2D eigenvalue weighted by atomic mass is 32.2. The molecule has 154 valence electrons. The average Bonchev–Trinajstić information content (AvgIpc) is 3.03. The van der Waals surface area contributed by atoms with Gasteiger partial charge in [-0.3, -0.25) is 14.4 Å². The predicted molar refractivity (Wildman–Crippen MR) is 117 cm³/mol. The molecule has 2 aromatic rings. The highest BCUT2D eigenvalue weighted by molar-refractivity contribution is 7.99. The molecule has 1 aromatic carbocycles. The summed E-state index contributed by atoms with van der Waals surface area (Å²) in [5.41, 5.74) is 8.07. The second-order valence-corrected chi connectivity index (χ2v) is 9.35. The summed E-state index contributed by atoms with van der Waals surface area (Å²) in [5, 5.41) is 3.37. The first kappa shape index (κ1) is 21.4. The number of thioether (sulfide) groups is 1. The van der Waals surface area contributed by atoms with Crippen molar-refractivity contribution in [2.75, 3.05) is 17.6 Å². The molecule has 0 radical (unpaired) electrons. The topological polar surface area (TPSA) is 92.5 Å². The molecular formula is C21H25N3O3S2. The number of carbonyl (C=O) groups excluding carboxylic acids is 3. The van der Waals surface area contributed by atoms with Crippen molar-refractivity contribution in [3.05, 3.63) is 45.8 Å². The summed E-state index contributed by atoms with van der Waals surface area (Å²) in [4.78, 5) is 39.9. The molecule has 0 saturated heterocycles. The Kier molecular flexibility index (Phi) is 6.97. The fraction of sp³-hybridized carbons (Fsp3) is 0.381. The lowest BCUT2D eigenvalue weighted by atomic mass is 10.0. The maximum Gasteiger partial charge on any atom is 0.251 e. The number of primary amides is 1. The normalized spacial score (nSPS) is 13.1. The minimum atomic E-state index is -0.538. The van der Waals surface area contributed by atoms with E-state index in [1.807, 2.05) is 0 Å². The third-order valence-electron chi connectivity index (χ3n) is 4.84. The van der Waals surface area contributed by atoms with Gasteiger partial charge in [-0.2, -0.15) is 0 Å². The molecule has 0 spiro atoms. The lowest BCUT2D eigenvalue weighted by molar-refractivity contribution is -0.129. The average molecular weight is 432 g/mol. The Morgan fingerprint density at radius 2 is 1.97 bits per heavy atom. The van der Waals surface area contributed by atoms with Gasteiger partial charge in [0.25, 0.3) is 5.91 Å². The standard InChI is InChI=1S/C21H25N3O3S2/c1-13-5-7-15(8-6-13)28-11-3-4-18(26)23-21-19(20(22)27)16-9-10-24(14(2)25)12-17(16)29-21/h5-8H,3-4,9-12H2,1-2H3,(H2,22,27)(H,23,26). The number of carbonyl (C=O) groups is 3. The van der Waals surface area contributed by atoms with Crippen molar-refractivity contribution in [2.45, 2.75) is 44.6 Å². The van der Waals surface area contributed by atoms with Crippen LogP contribution in [0.5, 0.6) is 0 Å². The summed E-state index contributed by atoms with van der Waals surface area (Å²) >= 11 is 3.07. The van der Waals surface area contributed by atoms with Gasteiger partial charge >= 0.3 is 0 Å². The Morgan fingerprint density at radius 1 is 1.24 bits per heavy atom. The zero-order chi connectivity index (χ0) is 21.0. The van der Waals surface area contributed by atoms with E-state index >= 15 is 0 Å². The number of nitrogens with two attached hydrogens (primary N) is 1. The number of rotatable bonds is 7. The van der Waals surface area contributed by atoms with E-state index in [2.05, 4.69) is 36.5 Å². The summed E-state index contributed by atoms with van der Waals surface area (Å²) in [5.74, 6) is 0.178. The van der Waals surface area contributed by atoms with E-state index in [4.69, 9.17) is 5.73 Å². The van der Waals surface area contributed by atoms with Crippen LogP contribution < -0.4 is 11.1 Å². The second kappa shape index (κ2) is 9.45. The number of fused-ring (bicyclic) bond motifs is 1. The number of nitrogens with one attached hydrogen (secondary N) is 1. The van der Waals surface area contributed by atoms with Crippen molar-refractivity contribution in [2.24, 2.45) is 5.73 Å². The van der Waals surface area contributed by atoms with Gasteiger partial charge < -0.3 is 16.0 Å². The molecule has 0 fully saturated rings. The molecule has 0 atom stereocenters. The van der Waals surface area contributed by atoms with Crippen LogP contribution in [-0.4, -0.2) is 34.9 Å². The van der Waals surface area contributed by atoms with E-state index in [-0.39, 0.29) is 11.8 Å². The van der Waals surface area contributed by atoms with Crippen LogP contribution in [0.4, 0.5) is 5.00 Å². The number of aryl methyl sites for hydroxylation is 1. The van der Waals surface area contributed by atoms with Crippen molar-refractivity contribution in [1.82, 2.24) is 4.90 Å². The molecule has 1 aliphatic heterocycles. The molecule has 0 aliphatic carbocycles. The monoisotopic (exact) mass is 431 g/mol. The van der Waals surface area contributed by atoms with Crippen LogP contribution in [0.1, 0.15) is 46.1 Å². The molecule has 0 bridgehead atoms. The number of nitrogens with zero attached hydrogens (tertiary/aromatic N) is 1. The predicted octanol–water partition coefficient (Wildman–Crippen LogP) is 3.57. The van der Waals surface area contributed by atoms with Crippen molar-refractivity contribution in [1.29, 1.82) is 0 Å². The summed E-state index contributed by atoms with van der Waals surface area (Å²) in [6, 6.07) is 8.32. The number of hydrogen-bond donors (Lipinski definition) is 2. The molecule has 3 amide bonds. The first-order chi connectivity index (χ1) is 13.8. The van der Waals surface area contributed by atoms with Gasteiger partial charge in [0.15, 0.2) is 0 Å². The van der Waals surface area contributed by atoms with Crippen LogP contribution >= 0.6 is 23.1 Å². The van der Waals surface area contributed by atoms with Gasteiger partial charge in [0.05, 0.1) is 12.1 Å². The Labute approximate surface area is 178 Å². The number of benzene rings is 1. The molecule has 29 heavy (non-hydrogen) atoms. The van der Waals surface area contributed by atoms with Crippen molar-refractivity contribution in [3.8, 4) is 0 Å². The summed E-state index contributed by atoms with van der Waals surface area (Å²) in [7, 11) is 0. The van der Waals surface area contributed by atoms with Crippen LogP contribution in [0.3, 0.4) is 0 Å². The van der Waals surface area contributed by atoms with Gasteiger partial charge in [0.1, 0.15) is 5.00 Å². The van der Waals surface area contributed by atoms with Crippen LogP contribution in [0, 0.1) is 6.92 Å². The number of amides is 3. The lowest BCUT2D eigenvalue weighted by Gasteiger charge is -2.25. The summed E-state index contributed by atoms with van der Waals surface area (Å²) in [6.07, 6.45) is 1.69. The summed E-state index contributed by atoms with van der Waals surface area (Å²) < 4.78 is 0. The molecule has 0 saturated carbocycles. The molecular weight excluding hydrogens is 406 g/mol. The maximum absolute atomic E-state index is 12.4. The molecule has 3 rings (SSSR count). The highest BCUT2D eigenvalue weighted by Crippen LogP contribution is 2.37. The SMILES string of the molecule is CC(=O)N1CCc2c(sc(NC(=O)CCCSc3ccc(C)cc3)c2C(N)=O)C1. The quantitative estimate of drug-likeness (QED) is 0.518. The Bertz CT molecular complexity index is 922. The zero-order valence-corrected chi connectivity index (χ0v) is 18.3. The van der Waals surface area contributed by atoms with E-state index in [9.17, 15) is 14.4 Å². The smallest absolute Gasteiger partial charge is 0.251 e. The molecule has 8 heteroatoms. The van der Waals surface area contributed by atoms with Gasteiger partial charge in [-0.25, -0.2) is 0 Å².